The predicted molar refractivity (Wildman–Crippen MR) is 60.4 cm³/mol. The second-order valence-corrected chi connectivity index (χ2v) is 4.35. The Labute approximate surface area is 97.5 Å². The molecule has 0 spiro atoms. The minimum absolute atomic E-state index is 0.0800. The van der Waals surface area contributed by atoms with E-state index in [9.17, 15) is 9.59 Å². The minimum atomic E-state index is -0.843. The number of thiazole rings is 1. The van der Waals surface area contributed by atoms with E-state index in [4.69, 9.17) is 5.11 Å². The first-order chi connectivity index (χ1) is 7.58. The second-order valence-electron chi connectivity index (χ2n) is 3.41. The van der Waals surface area contributed by atoms with E-state index in [0.717, 1.165) is 10.7 Å². The van der Waals surface area contributed by atoms with Crippen molar-refractivity contribution in [3.8, 4) is 0 Å². The molecule has 0 aromatic carbocycles. The molecule has 0 saturated carbocycles. The Balaban J connectivity index is 2.18. The SMILES string of the molecule is Cc1csc(CC(=O)NCCCC(=O)O)n1. The van der Waals surface area contributed by atoms with Crippen molar-refractivity contribution < 1.29 is 14.7 Å². The van der Waals surface area contributed by atoms with Crippen molar-refractivity contribution >= 4 is 23.2 Å². The highest BCUT2D eigenvalue weighted by molar-refractivity contribution is 7.09. The quantitative estimate of drug-likeness (QED) is 0.729. The number of nitrogens with zero attached hydrogens (tertiary/aromatic N) is 1. The summed E-state index contributed by atoms with van der Waals surface area (Å²) in [4.78, 5) is 25.8. The van der Waals surface area contributed by atoms with Crippen molar-refractivity contribution in [1.82, 2.24) is 10.3 Å². The Morgan fingerprint density at radius 3 is 2.88 bits per heavy atom. The molecule has 0 aliphatic carbocycles. The van der Waals surface area contributed by atoms with E-state index in [1.807, 2.05) is 12.3 Å². The standard InChI is InChI=1S/C10H14N2O3S/c1-7-6-16-9(12-7)5-8(13)11-4-2-3-10(14)15/h6H,2-5H2,1H3,(H,11,13)(H,14,15). The van der Waals surface area contributed by atoms with E-state index in [-0.39, 0.29) is 18.7 Å². The van der Waals surface area contributed by atoms with Crippen LogP contribution in [0.15, 0.2) is 5.38 Å². The Morgan fingerprint density at radius 1 is 1.56 bits per heavy atom. The predicted octanol–water partition coefficient (Wildman–Crippen LogP) is 0.975. The summed E-state index contributed by atoms with van der Waals surface area (Å²) in [5, 5.41) is 13.7. The molecule has 1 aromatic rings. The van der Waals surface area contributed by atoms with E-state index in [1.54, 1.807) is 0 Å². The van der Waals surface area contributed by atoms with Crippen LogP contribution in [0.1, 0.15) is 23.5 Å². The van der Waals surface area contributed by atoms with Gasteiger partial charge in [-0.2, -0.15) is 0 Å². The fraction of sp³-hybridized carbons (Fsp3) is 0.500. The van der Waals surface area contributed by atoms with E-state index in [2.05, 4.69) is 10.3 Å². The fourth-order valence-electron chi connectivity index (χ4n) is 1.15. The number of carboxylic acid groups (broad SMARTS) is 1. The number of carbonyl (C=O) groups excluding carboxylic acids is 1. The lowest BCUT2D eigenvalue weighted by Gasteiger charge is -2.01. The molecule has 0 radical (unpaired) electrons. The molecule has 0 saturated heterocycles. The summed E-state index contributed by atoms with van der Waals surface area (Å²) in [5.41, 5.74) is 0.915. The molecule has 88 valence electrons. The van der Waals surface area contributed by atoms with Gasteiger partial charge in [0.15, 0.2) is 0 Å². The number of rotatable bonds is 6. The summed E-state index contributed by atoms with van der Waals surface area (Å²) >= 11 is 1.46. The first kappa shape index (κ1) is 12.6. The number of carbonyl (C=O) groups is 2. The van der Waals surface area contributed by atoms with Crippen molar-refractivity contribution in [2.75, 3.05) is 6.54 Å². The number of hydrogen-bond donors (Lipinski definition) is 2. The van der Waals surface area contributed by atoms with E-state index >= 15 is 0 Å². The molecule has 16 heavy (non-hydrogen) atoms. The second kappa shape index (κ2) is 6.22. The summed E-state index contributed by atoms with van der Waals surface area (Å²) in [7, 11) is 0. The molecule has 1 aromatic heterocycles. The fourth-order valence-corrected chi connectivity index (χ4v) is 1.92. The number of amides is 1. The van der Waals surface area contributed by atoms with Gasteiger partial charge in [0.2, 0.25) is 5.91 Å². The first-order valence-corrected chi connectivity index (χ1v) is 5.85. The van der Waals surface area contributed by atoms with Crippen molar-refractivity contribution in [3.63, 3.8) is 0 Å². The number of aliphatic carboxylic acids is 1. The summed E-state index contributed by atoms with van der Waals surface area (Å²) in [6, 6.07) is 0. The van der Waals surface area contributed by atoms with Crippen LogP contribution in [0.4, 0.5) is 0 Å². The lowest BCUT2D eigenvalue weighted by molar-refractivity contribution is -0.137. The lowest BCUT2D eigenvalue weighted by atomic mass is 10.3. The normalized spacial score (nSPS) is 10.1. The maximum atomic E-state index is 11.4. The molecule has 1 rings (SSSR count). The minimum Gasteiger partial charge on any atom is -0.481 e. The highest BCUT2D eigenvalue weighted by Crippen LogP contribution is 2.08. The monoisotopic (exact) mass is 242 g/mol. The van der Waals surface area contributed by atoms with Gasteiger partial charge in [0, 0.05) is 24.0 Å². The first-order valence-electron chi connectivity index (χ1n) is 4.97. The van der Waals surface area contributed by atoms with Crippen LogP contribution in [-0.2, 0) is 16.0 Å². The number of aryl methyl sites for hydroxylation is 1. The molecule has 0 bridgehead atoms. The van der Waals surface area contributed by atoms with Crippen molar-refractivity contribution in [3.05, 3.63) is 16.1 Å². The van der Waals surface area contributed by atoms with Gasteiger partial charge in [-0.3, -0.25) is 9.59 Å². The van der Waals surface area contributed by atoms with E-state index in [1.165, 1.54) is 11.3 Å². The Bertz CT molecular complexity index is 376. The Hall–Kier alpha value is -1.43. The molecule has 6 heteroatoms. The lowest BCUT2D eigenvalue weighted by Crippen LogP contribution is -2.26. The highest BCUT2D eigenvalue weighted by atomic mass is 32.1. The maximum Gasteiger partial charge on any atom is 0.303 e. The van der Waals surface area contributed by atoms with Crippen molar-refractivity contribution in [2.24, 2.45) is 0 Å². The van der Waals surface area contributed by atoms with Gasteiger partial charge in [-0.1, -0.05) is 0 Å². The zero-order chi connectivity index (χ0) is 12.0. The van der Waals surface area contributed by atoms with Gasteiger partial charge in [-0.25, -0.2) is 4.98 Å². The van der Waals surface area contributed by atoms with Gasteiger partial charge < -0.3 is 10.4 Å². The molecule has 0 aliphatic rings. The zero-order valence-corrected chi connectivity index (χ0v) is 9.84. The van der Waals surface area contributed by atoms with Crippen LogP contribution in [0.5, 0.6) is 0 Å². The highest BCUT2D eigenvalue weighted by Gasteiger charge is 2.06. The van der Waals surface area contributed by atoms with Crippen LogP contribution in [0.3, 0.4) is 0 Å². The van der Waals surface area contributed by atoms with Crippen molar-refractivity contribution in [2.45, 2.75) is 26.2 Å². The Kier molecular flexibility index (Phi) is 4.91. The average Bonchev–Trinajstić information content (AvgIpc) is 2.58. The van der Waals surface area contributed by atoms with Crippen LogP contribution in [0, 0.1) is 6.92 Å². The molecule has 5 nitrogen and oxygen atoms in total. The van der Waals surface area contributed by atoms with Crippen LogP contribution in [-0.4, -0.2) is 28.5 Å². The molecule has 0 unspecified atom stereocenters. The summed E-state index contributed by atoms with van der Waals surface area (Å²) < 4.78 is 0. The number of aromatic nitrogens is 1. The third-order valence-corrected chi connectivity index (χ3v) is 2.83. The molecule has 0 aliphatic heterocycles. The smallest absolute Gasteiger partial charge is 0.303 e. The molecule has 1 amide bonds. The molecular formula is C10H14N2O3S. The topological polar surface area (TPSA) is 79.3 Å². The summed E-state index contributed by atoms with van der Waals surface area (Å²) in [6.45, 7) is 2.28. The number of nitrogens with one attached hydrogen (secondary N) is 1. The van der Waals surface area contributed by atoms with Gasteiger partial charge in [0.05, 0.1) is 6.42 Å². The van der Waals surface area contributed by atoms with Gasteiger partial charge in [-0.15, -0.1) is 11.3 Å². The third-order valence-electron chi connectivity index (χ3n) is 1.87. The molecule has 1 heterocycles. The largest absolute Gasteiger partial charge is 0.481 e. The van der Waals surface area contributed by atoms with Gasteiger partial charge in [0.1, 0.15) is 5.01 Å². The van der Waals surface area contributed by atoms with Crippen LogP contribution in [0.25, 0.3) is 0 Å². The zero-order valence-electron chi connectivity index (χ0n) is 9.02. The van der Waals surface area contributed by atoms with Crippen LogP contribution < -0.4 is 5.32 Å². The summed E-state index contributed by atoms with van der Waals surface area (Å²) in [5.74, 6) is -0.954. The van der Waals surface area contributed by atoms with Crippen LogP contribution in [0.2, 0.25) is 0 Å². The maximum absolute atomic E-state index is 11.4. The molecule has 2 N–H and O–H groups in total. The number of carboxylic acids is 1. The summed E-state index contributed by atoms with van der Waals surface area (Å²) in [6.07, 6.45) is 0.806. The van der Waals surface area contributed by atoms with Gasteiger partial charge in [0.25, 0.3) is 0 Å². The van der Waals surface area contributed by atoms with Crippen molar-refractivity contribution in [1.29, 1.82) is 0 Å². The number of hydrogen-bond acceptors (Lipinski definition) is 4. The van der Waals surface area contributed by atoms with Crippen LogP contribution >= 0.6 is 11.3 Å². The molecule has 0 fully saturated rings. The van der Waals surface area contributed by atoms with E-state index in [0.29, 0.717) is 13.0 Å². The molecule has 0 atom stereocenters. The van der Waals surface area contributed by atoms with E-state index < -0.39 is 5.97 Å². The van der Waals surface area contributed by atoms with Gasteiger partial charge >= 0.3 is 5.97 Å². The Morgan fingerprint density at radius 2 is 2.31 bits per heavy atom. The third kappa shape index (κ3) is 4.88. The molecular weight excluding hydrogens is 228 g/mol. The average molecular weight is 242 g/mol. The van der Waals surface area contributed by atoms with Gasteiger partial charge in [-0.05, 0) is 13.3 Å².